The van der Waals surface area contributed by atoms with Crippen LogP contribution in [0.2, 0.25) is 0 Å². The topological polar surface area (TPSA) is 47.9 Å². The smallest absolute Gasteiger partial charge is 0.187 e. The molecule has 2 aliphatic rings. The number of thiol groups is 1. The minimum absolute atomic E-state index is 0.0353. The van der Waals surface area contributed by atoms with Gasteiger partial charge in [-0.3, -0.25) is 0 Å². The summed E-state index contributed by atoms with van der Waals surface area (Å²) in [5.41, 5.74) is -0.762. The summed E-state index contributed by atoms with van der Waals surface area (Å²) in [5.74, 6) is 0. The maximum Gasteiger partial charge on any atom is 0.187 e. The van der Waals surface area contributed by atoms with E-state index in [1.807, 2.05) is 0 Å². The molecular weight excluding hydrogens is 214 g/mol. The Balaban J connectivity index is 2.13. The lowest BCUT2D eigenvalue weighted by Crippen LogP contribution is -2.53. The molecule has 0 aromatic heterocycles. The first-order chi connectivity index (χ1) is 7.29. The minimum Gasteiger partial charge on any atom is -0.350 e. The van der Waals surface area contributed by atoms with Crippen LogP contribution in [-0.2, 0) is 9.47 Å². The van der Waals surface area contributed by atoms with Gasteiger partial charge in [0.15, 0.2) is 11.8 Å². The van der Waals surface area contributed by atoms with Gasteiger partial charge in [-0.25, -0.2) is 0 Å². The Kier molecular flexibility index (Phi) is 3.64. The summed E-state index contributed by atoms with van der Waals surface area (Å²) in [4.78, 5) is 11.1. The molecule has 1 heterocycles. The third kappa shape index (κ3) is 2.05. The van der Waals surface area contributed by atoms with Crippen LogP contribution in [-0.4, -0.2) is 30.3 Å². The molecule has 2 atom stereocenters. The largest absolute Gasteiger partial charge is 0.350 e. The van der Waals surface area contributed by atoms with Crippen LogP contribution >= 0.6 is 12.6 Å². The van der Waals surface area contributed by atoms with Gasteiger partial charge in [-0.1, -0.05) is 18.0 Å². The molecule has 2 unspecified atom stereocenters. The fourth-order valence-electron chi connectivity index (χ4n) is 2.36. The van der Waals surface area contributed by atoms with Crippen LogP contribution in [0.4, 0.5) is 0 Å². The Morgan fingerprint density at radius 1 is 1.20 bits per heavy atom. The molecule has 1 saturated carbocycles. The Hall–Kier alpha value is -0.130. The van der Waals surface area contributed by atoms with E-state index < -0.39 is 11.8 Å². The highest BCUT2D eigenvalue weighted by Crippen LogP contribution is 2.40. The van der Waals surface area contributed by atoms with E-state index in [9.17, 15) is 4.91 Å². The molecule has 0 aromatic carbocycles. The first kappa shape index (κ1) is 11.4. The summed E-state index contributed by atoms with van der Waals surface area (Å²) in [6, 6.07) is 0. The third-order valence-corrected chi connectivity index (χ3v) is 3.99. The fourth-order valence-corrected chi connectivity index (χ4v) is 2.84. The highest BCUT2D eigenvalue weighted by molar-refractivity contribution is 7.81. The highest BCUT2D eigenvalue weighted by Gasteiger charge is 2.49. The van der Waals surface area contributed by atoms with Crippen molar-refractivity contribution in [1.82, 2.24) is 0 Å². The Bertz CT molecular complexity index is 233. The van der Waals surface area contributed by atoms with Crippen molar-refractivity contribution >= 4 is 12.6 Å². The average Bonchev–Trinajstić information content (AvgIpc) is 2.31. The van der Waals surface area contributed by atoms with Crippen molar-refractivity contribution in [2.75, 3.05) is 13.2 Å². The van der Waals surface area contributed by atoms with Crippen molar-refractivity contribution in [1.29, 1.82) is 0 Å². The van der Waals surface area contributed by atoms with E-state index in [0.717, 1.165) is 32.1 Å². The van der Waals surface area contributed by atoms with Crippen LogP contribution in [0.5, 0.6) is 0 Å². The van der Waals surface area contributed by atoms with Gasteiger partial charge in [0.05, 0.1) is 13.2 Å². The number of rotatable bonds is 2. The van der Waals surface area contributed by atoms with Gasteiger partial charge in [-0.05, 0) is 19.3 Å². The predicted molar refractivity (Wildman–Crippen MR) is 60.1 cm³/mol. The number of nitroso groups, excluding NO2 is 1. The SMILES string of the molecule is O=NC1(C2OCCCO2)CCCCC1S. The fraction of sp³-hybridized carbons (Fsp3) is 1.00. The van der Waals surface area contributed by atoms with Crippen LogP contribution in [0.25, 0.3) is 0 Å². The van der Waals surface area contributed by atoms with Gasteiger partial charge in [0.25, 0.3) is 0 Å². The second-order valence-corrected chi connectivity index (χ2v) is 4.89. The molecule has 1 saturated heterocycles. The number of nitrogens with zero attached hydrogens (tertiary/aromatic N) is 1. The molecular formula is C10H17NO3S. The van der Waals surface area contributed by atoms with Crippen LogP contribution < -0.4 is 0 Å². The van der Waals surface area contributed by atoms with E-state index in [1.165, 1.54) is 0 Å². The standard InChI is InChI=1S/C10H17NO3S/c12-11-10(5-2-1-4-8(10)15)9-13-6-3-7-14-9/h8-9,15H,1-7H2. The van der Waals surface area contributed by atoms with E-state index in [1.54, 1.807) is 0 Å². The Morgan fingerprint density at radius 2 is 1.93 bits per heavy atom. The van der Waals surface area contributed by atoms with Gasteiger partial charge in [0.2, 0.25) is 0 Å². The van der Waals surface area contributed by atoms with Gasteiger partial charge in [-0.2, -0.15) is 12.6 Å². The highest BCUT2D eigenvalue weighted by atomic mass is 32.1. The predicted octanol–water partition coefficient (Wildman–Crippen LogP) is 2.13. The second-order valence-electron chi connectivity index (χ2n) is 4.27. The van der Waals surface area contributed by atoms with E-state index >= 15 is 0 Å². The van der Waals surface area contributed by atoms with Crippen molar-refractivity contribution in [3.8, 4) is 0 Å². The first-order valence-electron chi connectivity index (χ1n) is 5.55. The van der Waals surface area contributed by atoms with Gasteiger partial charge >= 0.3 is 0 Å². The molecule has 2 fully saturated rings. The van der Waals surface area contributed by atoms with Crippen molar-refractivity contribution in [3.05, 3.63) is 4.91 Å². The first-order valence-corrected chi connectivity index (χ1v) is 6.07. The van der Waals surface area contributed by atoms with Crippen molar-refractivity contribution in [2.45, 2.75) is 49.2 Å². The number of hydrogen-bond acceptors (Lipinski definition) is 5. The maximum absolute atomic E-state index is 11.1. The molecule has 0 radical (unpaired) electrons. The van der Waals surface area contributed by atoms with E-state index in [-0.39, 0.29) is 5.25 Å². The normalized spacial score (nSPS) is 38.9. The second kappa shape index (κ2) is 4.80. The van der Waals surface area contributed by atoms with Gasteiger partial charge in [-0.15, -0.1) is 4.91 Å². The molecule has 2 rings (SSSR count). The maximum atomic E-state index is 11.1. The molecule has 0 aromatic rings. The molecule has 86 valence electrons. The van der Waals surface area contributed by atoms with Crippen LogP contribution in [0.3, 0.4) is 0 Å². The molecule has 5 heteroatoms. The summed E-state index contributed by atoms with van der Waals surface area (Å²) < 4.78 is 11.0. The van der Waals surface area contributed by atoms with Gasteiger partial charge in [0, 0.05) is 5.25 Å². The number of ether oxygens (including phenoxy) is 2. The zero-order valence-electron chi connectivity index (χ0n) is 8.72. The lowest BCUT2D eigenvalue weighted by Gasteiger charge is -2.42. The monoisotopic (exact) mass is 231 g/mol. The van der Waals surface area contributed by atoms with E-state index in [0.29, 0.717) is 13.2 Å². The third-order valence-electron chi connectivity index (χ3n) is 3.29. The summed E-state index contributed by atoms with van der Waals surface area (Å²) in [6.45, 7) is 1.31. The van der Waals surface area contributed by atoms with Crippen LogP contribution in [0, 0.1) is 4.91 Å². The molecule has 0 amide bonds. The van der Waals surface area contributed by atoms with Crippen LogP contribution in [0.15, 0.2) is 5.18 Å². The molecule has 0 N–H and O–H groups in total. The van der Waals surface area contributed by atoms with Crippen LogP contribution in [0.1, 0.15) is 32.1 Å². The summed E-state index contributed by atoms with van der Waals surface area (Å²) in [6.07, 6.45) is 4.17. The molecule has 0 bridgehead atoms. The summed E-state index contributed by atoms with van der Waals surface area (Å²) >= 11 is 4.48. The van der Waals surface area contributed by atoms with Gasteiger partial charge < -0.3 is 9.47 Å². The van der Waals surface area contributed by atoms with E-state index in [2.05, 4.69) is 17.8 Å². The Morgan fingerprint density at radius 3 is 2.53 bits per heavy atom. The molecule has 0 spiro atoms. The quantitative estimate of drug-likeness (QED) is 0.585. The van der Waals surface area contributed by atoms with Crippen molar-refractivity contribution in [2.24, 2.45) is 5.18 Å². The average molecular weight is 231 g/mol. The van der Waals surface area contributed by atoms with E-state index in [4.69, 9.17) is 9.47 Å². The molecule has 15 heavy (non-hydrogen) atoms. The summed E-state index contributed by atoms with van der Waals surface area (Å²) in [5, 5.41) is 3.27. The molecule has 4 nitrogen and oxygen atoms in total. The van der Waals surface area contributed by atoms with Crippen molar-refractivity contribution in [3.63, 3.8) is 0 Å². The minimum atomic E-state index is -0.762. The zero-order chi connectivity index (χ0) is 10.7. The molecule has 1 aliphatic heterocycles. The molecule has 1 aliphatic carbocycles. The van der Waals surface area contributed by atoms with Gasteiger partial charge in [0.1, 0.15) is 0 Å². The van der Waals surface area contributed by atoms with Crippen molar-refractivity contribution < 1.29 is 9.47 Å². The lowest BCUT2D eigenvalue weighted by atomic mass is 9.81. The lowest BCUT2D eigenvalue weighted by molar-refractivity contribution is -0.214. The summed E-state index contributed by atoms with van der Waals surface area (Å²) in [7, 11) is 0. The number of hydrogen-bond donors (Lipinski definition) is 1. The zero-order valence-corrected chi connectivity index (χ0v) is 9.62. The Labute approximate surface area is 95.1 Å².